The summed E-state index contributed by atoms with van der Waals surface area (Å²) in [6.07, 6.45) is 0. The number of aromatic nitrogens is 1. The highest BCUT2D eigenvalue weighted by atomic mass is 19.1. The average molecular weight is 340 g/mol. The fraction of sp³-hybridized carbons (Fsp3) is 0.0526. The van der Waals surface area contributed by atoms with Crippen LogP contribution in [-0.4, -0.2) is 16.1 Å². The molecule has 3 aromatic rings. The SMILES string of the molecule is Cc1ccc(C(=O)O)cc1Nc1cccc(-c2ccc(F)cc2F)n1. The highest BCUT2D eigenvalue weighted by Gasteiger charge is 2.10. The molecule has 1 heterocycles. The number of hydrogen-bond donors (Lipinski definition) is 2. The Morgan fingerprint density at radius 3 is 2.60 bits per heavy atom. The Hall–Kier alpha value is -3.28. The van der Waals surface area contributed by atoms with Crippen molar-refractivity contribution in [2.45, 2.75) is 6.92 Å². The molecule has 25 heavy (non-hydrogen) atoms. The minimum absolute atomic E-state index is 0.147. The maximum atomic E-state index is 13.9. The number of pyridine rings is 1. The zero-order chi connectivity index (χ0) is 18.0. The van der Waals surface area contributed by atoms with Gasteiger partial charge in [0, 0.05) is 17.3 Å². The van der Waals surface area contributed by atoms with Gasteiger partial charge in [0.25, 0.3) is 0 Å². The van der Waals surface area contributed by atoms with Crippen LogP contribution < -0.4 is 5.32 Å². The third kappa shape index (κ3) is 3.63. The van der Waals surface area contributed by atoms with E-state index in [-0.39, 0.29) is 11.1 Å². The molecule has 0 bridgehead atoms. The number of halogens is 2. The molecule has 4 nitrogen and oxygen atoms in total. The van der Waals surface area contributed by atoms with Crippen LogP contribution in [0.25, 0.3) is 11.3 Å². The van der Waals surface area contributed by atoms with E-state index in [2.05, 4.69) is 10.3 Å². The fourth-order valence-corrected chi connectivity index (χ4v) is 2.38. The van der Waals surface area contributed by atoms with Gasteiger partial charge < -0.3 is 10.4 Å². The van der Waals surface area contributed by atoms with Gasteiger partial charge in [0.1, 0.15) is 17.5 Å². The molecule has 2 N–H and O–H groups in total. The monoisotopic (exact) mass is 340 g/mol. The summed E-state index contributed by atoms with van der Waals surface area (Å²) in [5, 5.41) is 12.1. The predicted octanol–water partition coefficient (Wildman–Crippen LogP) is 4.78. The lowest BCUT2D eigenvalue weighted by Gasteiger charge is -2.11. The Kier molecular flexibility index (Phi) is 4.43. The average Bonchev–Trinajstić information content (AvgIpc) is 2.57. The summed E-state index contributed by atoms with van der Waals surface area (Å²) in [5.41, 5.74) is 2.10. The molecule has 0 radical (unpaired) electrons. The molecule has 0 aliphatic heterocycles. The van der Waals surface area contributed by atoms with E-state index in [0.717, 1.165) is 11.6 Å². The molecule has 0 saturated carbocycles. The predicted molar refractivity (Wildman–Crippen MR) is 91.0 cm³/mol. The molecule has 2 aromatic carbocycles. The number of nitrogens with one attached hydrogen (secondary N) is 1. The van der Waals surface area contributed by atoms with E-state index >= 15 is 0 Å². The van der Waals surface area contributed by atoms with Gasteiger partial charge in [0.15, 0.2) is 0 Å². The number of hydrogen-bond acceptors (Lipinski definition) is 3. The summed E-state index contributed by atoms with van der Waals surface area (Å²) in [6, 6.07) is 13.0. The van der Waals surface area contributed by atoms with E-state index in [9.17, 15) is 13.6 Å². The van der Waals surface area contributed by atoms with Gasteiger partial charge in [-0.3, -0.25) is 0 Å². The second kappa shape index (κ2) is 6.68. The first-order valence-corrected chi connectivity index (χ1v) is 7.47. The Bertz CT molecular complexity index is 958. The number of anilines is 2. The molecule has 0 fully saturated rings. The van der Waals surface area contributed by atoms with Crippen molar-refractivity contribution in [3.8, 4) is 11.3 Å². The summed E-state index contributed by atoms with van der Waals surface area (Å²) in [5.74, 6) is -1.96. The minimum atomic E-state index is -1.03. The van der Waals surface area contributed by atoms with Crippen LogP contribution in [0.5, 0.6) is 0 Å². The fourth-order valence-electron chi connectivity index (χ4n) is 2.38. The third-order valence-corrected chi connectivity index (χ3v) is 3.70. The molecule has 0 spiro atoms. The van der Waals surface area contributed by atoms with Crippen LogP contribution in [0.4, 0.5) is 20.3 Å². The van der Waals surface area contributed by atoms with Crippen LogP contribution in [-0.2, 0) is 0 Å². The molecule has 0 aliphatic rings. The van der Waals surface area contributed by atoms with E-state index < -0.39 is 17.6 Å². The third-order valence-electron chi connectivity index (χ3n) is 3.70. The number of rotatable bonds is 4. The van der Waals surface area contributed by atoms with E-state index in [0.29, 0.717) is 17.2 Å². The number of aromatic carboxylic acids is 1. The Labute approximate surface area is 142 Å². The van der Waals surface area contributed by atoms with Crippen molar-refractivity contribution in [3.05, 3.63) is 77.4 Å². The van der Waals surface area contributed by atoms with Crippen LogP contribution >= 0.6 is 0 Å². The molecular weight excluding hydrogens is 326 g/mol. The molecule has 0 aliphatic carbocycles. The Morgan fingerprint density at radius 1 is 1.08 bits per heavy atom. The number of aryl methyl sites for hydroxylation is 1. The molecule has 126 valence electrons. The molecule has 0 atom stereocenters. The highest BCUT2D eigenvalue weighted by molar-refractivity contribution is 5.89. The second-order valence-electron chi connectivity index (χ2n) is 5.49. The molecule has 1 aromatic heterocycles. The van der Waals surface area contributed by atoms with Crippen LogP contribution in [0.1, 0.15) is 15.9 Å². The molecular formula is C19H14F2N2O2. The zero-order valence-electron chi connectivity index (χ0n) is 13.3. The van der Waals surface area contributed by atoms with E-state index in [1.165, 1.54) is 24.3 Å². The summed E-state index contributed by atoms with van der Waals surface area (Å²) in [4.78, 5) is 15.4. The standard InChI is InChI=1S/C19H14F2N2O2/c1-11-5-6-12(19(24)25)9-17(11)23-18-4-2-3-16(22-18)14-8-7-13(20)10-15(14)21/h2-10H,1H3,(H,22,23)(H,24,25). The zero-order valence-corrected chi connectivity index (χ0v) is 13.3. The van der Waals surface area contributed by atoms with Gasteiger partial charge in [-0.05, 0) is 48.9 Å². The Morgan fingerprint density at radius 2 is 1.88 bits per heavy atom. The molecule has 0 amide bonds. The molecule has 6 heteroatoms. The quantitative estimate of drug-likeness (QED) is 0.718. The summed E-state index contributed by atoms with van der Waals surface area (Å²) in [7, 11) is 0. The van der Waals surface area contributed by atoms with Gasteiger partial charge in [-0.25, -0.2) is 18.6 Å². The topological polar surface area (TPSA) is 62.2 Å². The summed E-state index contributed by atoms with van der Waals surface area (Å²) < 4.78 is 27.0. The number of benzene rings is 2. The largest absolute Gasteiger partial charge is 0.478 e. The van der Waals surface area contributed by atoms with Gasteiger partial charge in [0.05, 0.1) is 11.3 Å². The van der Waals surface area contributed by atoms with Crippen LogP contribution in [0.2, 0.25) is 0 Å². The minimum Gasteiger partial charge on any atom is -0.478 e. The van der Waals surface area contributed by atoms with Crippen molar-refractivity contribution in [2.75, 3.05) is 5.32 Å². The van der Waals surface area contributed by atoms with Crippen molar-refractivity contribution in [3.63, 3.8) is 0 Å². The molecule has 0 saturated heterocycles. The number of carbonyl (C=O) groups is 1. The van der Waals surface area contributed by atoms with Crippen LogP contribution in [0.3, 0.4) is 0 Å². The van der Waals surface area contributed by atoms with Crippen molar-refractivity contribution >= 4 is 17.5 Å². The van der Waals surface area contributed by atoms with Crippen LogP contribution in [0, 0.1) is 18.6 Å². The first-order chi connectivity index (χ1) is 11.9. The van der Waals surface area contributed by atoms with Crippen molar-refractivity contribution in [1.29, 1.82) is 0 Å². The van der Waals surface area contributed by atoms with Gasteiger partial charge >= 0.3 is 5.97 Å². The van der Waals surface area contributed by atoms with Crippen molar-refractivity contribution in [1.82, 2.24) is 4.98 Å². The van der Waals surface area contributed by atoms with E-state index in [1.807, 2.05) is 6.92 Å². The van der Waals surface area contributed by atoms with Gasteiger partial charge in [-0.1, -0.05) is 12.1 Å². The normalized spacial score (nSPS) is 10.5. The number of nitrogens with zero attached hydrogens (tertiary/aromatic N) is 1. The highest BCUT2D eigenvalue weighted by Crippen LogP contribution is 2.25. The van der Waals surface area contributed by atoms with Gasteiger partial charge in [-0.2, -0.15) is 0 Å². The smallest absolute Gasteiger partial charge is 0.335 e. The maximum absolute atomic E-state index is 13.9. The number of carboxylic acids is 1. The lowest BCUT2D eigenvalue weighted by atomic mass is 10.1. The van der Waals surface area contributed by atoms with Gasteiger partial charge in [0.2, 0.25) is 0 Å². The first-order valence-electron chi connectivity index (χ1n) is 7.47. The maximum Gasteiger partial charge on any atom is 0.335 e. The lowest BCUT2D eigenvalue weighted by Crippen LogP contribution is -2.01. The summed E-state index contributed by atoms with van der Waals surface area (Å²) in [6.45, 7) is 1.83. The van der Waals surface area contributed by atoms with Gasteiger partial charge in [-0.15, -0.1) is 0 Å². The van der Waals surface area contributed by atoms with E-state index in [4.69, 9.17) is 5.11 Å². The van der Waals surface area contributed by atoms with Crippen molar-refractivity contribution < 1.29 is 18.7 Å². The second-order valence-corrected chi connectivity index (χ2v) is 5.49. The molecule has 3 rings (SSSR count). The molecule has 0 unspecified atom stereocenters. The van der Waals surface area contributed by atoms with E-state index in [1.54, 1.807) is 24.3 Å². The number of carboxylic acid groups (broad SMARTS) is 1. The van der Waals surface area contributed by atoms with Crippen LogP contribution in [0.15, 0.2) is 54.6 Å². The first kappa shape index (κ1) is 16.6. The summed E-state index contributed by atoms with van der Waals surface area (Å²) >= 11 is 0. The lowest BCUT2D eigenvalue weighted by molar-refractivity contribution is 0.0697. The van der Waals surface area contributed by atoms with Crippen molar-refractivity contribution in [2.24, 2.45) is 0 Å². The Balaban J connectivity index is 1.95.